The van der Waals surface area contributed by atoms with Gasteiger partial charge >= 0.3 is 0 Å². The zero-order valence-electron chi connectivity index (χ0n) is 25.6. The Morgan fingerprint density at radius 1 is 0.659 bits per heavy atom. The maximum absolute atomic E-state index is 7.39. The van der Waals surface area contributed by atoms with Gasteiger partial charge in [0.05, 0.1) is 28.4 Å². The maximum Gasteiger partial charge on any atom is 0.178 e. The number of fused-ring (bicyclic) bond motifs is 8. The van der Waals surface area contributed by atoms with E-state index in [1.807, 2.05) is 30.3 Å². The van der Waals surface area contributed by atoms with E-state index in [-0.39, 0.29) is 5.41 Å². The van der Waals surface area contributed by atoms with Crippen molar-refractivity contribution in [2.45, 2.75) is 24.9 Å². The van der Waals surface area contributed by atoms with Gasteiger partial charge in [0.25, 0.3) is 0 Å². The van der Waals surface area contributed by atoms with Gasteiger partial charge in [0, 0.05) is 32.0 Å². The number of rotatable bonds is 6. The highest BCUT2D eigenvalue weighted by atomic mass is 79.9. The Morgan fingerprint density at radius 2 is 1.23 bits per heavy atom. The Labute approximate surface area is 266 Å². The first-order valence-corrected chi connectivity index (χ1v) is 15.3. The predicted octanol–water partition coefficient (Wildman–Crippen LogP) is 9.29. The minimum atomic E-state index is -0.918. The van der Waals surface area contributed by atoms with E-state index in [0.717, 1.165) is 49.2 Å². The fraction of sp³-hybridized carbons (Fsp3) is 0.211. The van der Waals surface area contributed by atoms with Crippen molar-refractivity contribution in [3.05, 3.63) is 117 Å². The first kappa shape index (κ1) is 28.4. The molecule has 0 saturated heterocycles. The van der Waals surface area contributed by atoms with E-state index < -0.39 is 5.60 Å². The van der Waals surface area contributed by atoms with Gasteiger partial charge in [-0.25, -0.2) is 0 Å². The van der Waals surface area contributed by atoms with E-state index in [1.165, 1.54) is 22.3 Å². The third-order valence-electron chi connectivity index (χ3n) is 9.14. The van der Waals surface area contributed by atoms with Crippen LogP contribution in [-0.4, -0.2) is 28.4 Å². The van der Waals surface area contributed by atoms with Crippen molar-refractivity contribution >= 4 is 32.8 Å². The highest BCUT2D eigenvalue weighted by molar-refractivity contribution is 9.10. The zero-order chi connectivity index (χ0) is 30.8. The van der Waals surface area contributed by atoms with Crippen LogP contribution >= 0.6 is 15.9 Å². The van der Waals surface area contributed by atoms with Crippen LogP contribution in [0.3, 0.4) is 0 Å². The van der Waals surface area contributed by atoms with E-state index >= 15 is 0 Å². The molecule has 1 aliphatic carbocycles. The van der Waals surface area contributed by atoms with Crippen LogP contribution in [0.5, 0.6) is 28.7 Å². The van der Waals surface area contributed by atoms with Crippen molar-refractivity contribution in [1.82, 2.24) is 0 Å². The minimum absolute atomic E-state index is 0.284. The van der Waals surface area contributed by atoms with Crippen molar-refractivity contribution < 1.29 is 23.7 Å². The number of benzene rings is 5. The molecule has 0 spiro atoms. The van der Waals surface area contributed by atoms with Crippen molar-refractivity contribution in [2.75, 3.05) is 28.4 Å². The summed E-state index contributed by atoms with van der Waals surface area (Å²) in [6.07, 6.45) is 4.42. The van der Waals surface area contributed by atoms with Crippen LogP contribution in [-0.2, 0) is 11.0 Å². The summed E-state index contributed by atoms with van der Waals surface area (Å²) in [5, 5.41) is 2.01. The number of hydrogen-bond donors (Lipinski definition) is 0. The second kappa shape index (κ2) is 10.3. The Morgan fingerprint density at radius 3 is 1.77 bits per heavy atom. The molecule has 1 aliphatic heterocycles. The Kier molecular flexibility index (Phi) is 6.67. The molecule has 2 aliphatic rings. The average molecular weight is 650 g/mol. The van der Waals surface area contributed by atoms with Gasteiger partial charge in [-0.2, -0.15) is 0 Å². The molecule has 5 aromatic carbocycles. The lowest BCUT2D eigenvalue weighted by Crippen LogP contribution is -2.35. The number of hydrogen-bond acceptors (Lipinski definition) is 5. The van der Waals surface area contributed by atoms with Crippen molar-refractivity contribution in [1.29, 1.82) is 0 Å². The average Bonchev–Trinajstić information content (AvgIpc) is 3.29. The van der Waals surface area contributed by atoms with Crippen LogP contribution in [0.25, 0.3) is 28.0 Å². The van der Waals surface area contributed by atoms with Crippen molar-refractivity contribution in [2.24, 2.45) is 0 Å². The molecule has 0 bridgehead atoms. The maximum atomic E-state index is 7.39. The van der Waals surface area contributed by atoms with Crippen LogP contribution in [0.15, 0.2) is 89.4 Å². The lowest BCUT2D eigenvalue weighted by Gasteiger charge is -2.38. The Hall–Kier alpha value is -4.42. The molecular formula is C38H33BrO5. The van der Waals surface area contributed by atoms with Crippen molar-refractivity contribution in [3.8, 4) is 39.9 Å². The fourth-order valence-corrected chi connectivity index (χ4v) is 7.30. The molecule has 0 atom stereocenters. The molecule has 0 saturated carbocycles. The van der Waals surface area contributed by atoms with E-state index in [1.54, 1.807) is 28.4 Å². The fourth-order valence-electron chi connectivity index (χ4n) is 6.94. The summed E-state index contributed by atoms with van der Waals surface area (Å²) in [5.41, 5.74) is 6.72. The molecule has 0 radical (unpaired) electrons. The van der Waals surface area contributed by atoms with Gasteiger partial charge in [-0.05, 0) is 82.2 Å². The zero-order valence-corrected chi connectivity index (χ0v) is 27.2. The van der Waals surface area contributed by atoms with Crippen LogP contribution in [0.1, 0.15) is 41.7 Å². The quantitative estimate of drug-likeness (QED) is 0.184. The molecule has 44 heavy (non-hydrogen) atoms. The third-order valence-corrected chi connectivity index (χ3v) is 9.63. The molecule has 1 heterocycles. The molecule has 0 amide bonds. The first-order chi connectivity index (χ1) is 21.2. The summed E-state index contributed by atoms with van der Waals surface area (Å²) in [6.45, 7) is 4.58. The number of halogens is 1. The Bertz CT molecular complexity index is 1910. The largest absolute Gasteiger partial charge is 0.497 e. The van der Waals surface area contributed by atoms with Crippen LogP contribution < -0.4 is 23.7 Å². The molecule has 6 heteroatoms. The SMILES string of the molecule is COc1ccc(C2(c3ccc(OC)cc3)C=Cc3c4c(c5cc(OC)c(OC)cc5c3O2)-c2ccc(Br)cc2C4(C)C)cc1. The molecule has 5 aromatic rings. The summed E-state index contributed by atoms with van der Waals surface area (Å²) in [7, 11) is 6.69. The van der Waals surface area contributed by atoms with Gasteiger partial charge in [-0.3, -0.25) is 0 Å². The van der Waals surface area contributed by atoms with Gasteiger partial charge < -0.3 is 23.7 Å². The molecule has 7 rings (SSSR count). The summed E-state index contributed by atoms with van der Waals surface area (Å²) >= 11 is 3.72. The summed E-state index contributed by atoms with van der Waals surface area (Å²) in [5.74, 6) is 3.68. The summed E-state index contributed by atoms with van der Waals surface area (Å²) in [4.78, 5) is 0. The molecule has 222 valence electrons. The van der Waals surface area contributed by atoms with Crippen LogP contribution in [0.2, 0.25) is 0 Å². The number of methoxy groups -OCH3 is 4. The van der Waals surface area contributed by atoms with E-state index in [0.29, 0.717) is 11.5 Å². The molecule has 0 N–H and O–H groups in total. The smallest absolute Gasteiger partial charge is 0.178 e. The molecule has 0 unspecified atom stereocenters. The topological polar surface area (TPSA) is 46.2 Å². The summed E-state index contributed by atoms with van der Waals surface area (Å²) < 4.78 is 31.1. The van der Waals surface area contributed by atoms with Gasteiger partial charge in [0.1, 0.15) is 17.2 Å². The molecule has 0 aromatic heterocycles. The molecular weight excluding hydrogens is 616 g/mol. The van der Waals surface area contributed by atoms with E-state index in [2.05, 4.69) is 90.5 Å². The lowest BCUT2D eigenvalue weighted by atomic mass is 9.76. The van der Waals surface area contributed by atoms with Crippen LogP contribution in [0.4, 0.5) is 0 Å². The van der Waals surface area contributed by atoms with Gasteiger partial charge in [-0.1, -0.05) is 66.2 Å². The van der Waals surface area contributed by atoms with E-state index in [9.17, 15) is 0 Å². The van der Waals surface area contributed by atoms with Gasteiger partial charge in [0.15, 0.2) is 17.1 Å². The normalized spacial score (nSPS) is 15.2. The van der Waals surface area contributed by atoms with Crippen molar-refractivity contribution in [3.63, 3.8) is 0 Å². The highest BCUT2D eigenvalue weighted by Gasteiger charge is 2.44. The van der Waals surface area contributed by atoms with Gasteiger partial charge in [-0.15, -0.1) is 0 Å². The standard InChI is InChI=1S/C38H33BrO5/c1-37(2)31-19-24(39)11-16-27(31)34-29-20-32(42-5)33(43-6)21-30(29)36-28(35(34)37)17-18-38(44-36,22-7-12-25(40-3)13-8-22)23-9-14-26(41-4)15-10-23/h7-21H,1-6H3. The minimum Gasteiger partial charge on any atom is -0.497 e. The monoisotopic (exact) mass is 648 g/mol. The number of ether oxygens (including phenoxy) is 5. The highest BCUT2D eigenvalue weighted by Crippen LogP contribution is 2.59. The third kappa shape index (κ3) is 4.04. The summed E-state index contributed by atoms with van der Waals surface area (Å²) in [6, 6.07) is 26.8. The second-order valence-corrected chi connectivity index (χ2v) is 12.6. The first-order valence-electron chi connectivity index (χ1n) is 14.5. The molecule has 5 nitrogen and oxygen atoms in total. The molecule has 0 fully saturated rings. The predicted molar refractivity (Wildman–Crippen MR) is 179 cm³/mol. The van der Waals surface area contributed by atoms with Gasteiger partial charge in [0.2, 0.25) is 0 Å². The lowest BCUT2D eigenvalue weighted by molar-refractivity contribution is 0.163. The second-order valence-electron chi connectivity index (χ2n) is 11.7. The van der Waals surface area contributed by atoms with Crippen LogP contribution in [0, 0.1) is 0 Å². The van der Waals surface area contributed by atoms with E-state index in [4.69, 9.17) is 23.7 Å². The Balaban J connectivity index is 1.57.